The molecule has 4 rings (SSSR count). The molecular formula is C24H31N3O4. The lowest BCUT2D eigenvalue weighted by molar-refractivity contribution is -0.133. The van der Waals surface area contributed by atoms with Crippen LogP contribution < -0.4 is 14.4 Å². The summed E-state index contributed by atoms with van der Waals surface area (Å²) in [5, 5.41) is 9.48. The van der Waals surface area contributed by atoms with Crippen molar-refractivity contribution in [2.75, 3.05) is 58.4 Å². The molecule has 2 aromatic rings. The van der Waals surface area contributed by atoms with Crippen molar-refractivity contribution in [3.63, 3.8) is 0 Å². The summed E-state index contributed by atoms with van der Waals surface area (Å²) >= 11 is 0. The minimum absolute atomic E-state index is 0.183. The number of hydrogen-bond acceptors (Lipinski definition) is 6. The summed E-state index contributed by atoms with van der Waals surface area (Å²) in [7, 11) is 3.33. The van der Waals surface area contributed by atoms with Crippen LogP contribution in [0.15, 0.2) is 42.5 Å². The number of phenolic OH excluding ortho intramolecular Hbond substituents is 1. The molecule has 31 heavy (non-hydrogen) atoms. The highest BCUT2D eigenvalue weighted by Gasteiger charge is 2.31. The monoisotopic (exact) mass is 425 g/mol. The summed E-state index contributed by atoms with van der Waals surface area (Å²) in [5.41, 5.74) is 2.20. The van der Waals surface area contributed by atoms with Crippen LogP contribution in [-0.4, -0.2) is 74.3 Å². The Labute approximate surface area is 183 Å². The van der Waals surface area contributed by atoms with Crippen molar-refractivity contribution in [3.05, 3.63) is 48.0 Å². The quantitative estimate of drug-likeness (QED) is 0.768. The average molecular weight is 426 g/mol. The molecule has 0 unspecified atom stereocenters. The highest BCUT2D eigenvalue weighted by Crippen LogP contribution is 2.38. The van der Waals surface area contributed by atoms with Crippen LogP contribution >= 0.6 is 0 Å². The van der Waals surface area contributed by atoms with E-state index in [0.29, 0.717) is 19.6 Å². The van der Waals surface area contributed by atoms with Gasteiger partial charge in [0.2, 0.25) is 5.91 Å². The van der Waals surface area contributed by atoms with Crippen LogP contribution in [-0.2, 0) is 4.79 Å². The number of amides is 1. The van der Waals surface area contributed by atoms with Gasteiger partial charge in [0.05, 0.1) is 20.8 Å². The number of carbonyl (C=O) groups is 1. The second-order valence-corrected chi connectivity index (χ2v) is 8.12. The van der Waals surface area contributed by atoms with Crippen LogP contribution in [0.4, 0.5) is 5.69 Å². The number of hydrogen-bond donors (Lipinski definition) is 1. The van der Waals surface area contributed by atoms with Crippen LogP contribution in [0.5, 0.6) is 17.2 Å². The van der Waals surface area contributed by atoms with Gasteiger partial charge in [-0.2, -0.15) is 0 Å². The van der Waals surface area contributed by atoms with Crippen molar-refractivity contribution in [3.8, 4) is 17.2 Å². The molecule has 2 heterocycles. The molecule has 0 aromatic heterocycles. The Morgan fingerprint density at radius 3 is 2.42 bits per heavy atom. The van der Waals surface area contributed by atoms with Gasteiger partial charge in [-0.25, -0.2) is 0 Å². The number of carbonyl (C=O) groups excluding carboxylic acids is 1. The van der Waals surface area contributed by atoms with Gasteiger partial charge >= 0.3 is 0 Å². The normalized spacial score (nSPS) is 19.5. The first-order chi connectivity index (χ1) is 15.1. The van der Waals surface area contributed by atoms with Gasteiger partial charge in [0, 0.05) is 49.5 Å². The van der Waals surface area contributed by atoms with Crippen LogP contribution in [0.3, 0.4) is 0 Å². The molecular weight excluding hydrogens is 394 g/mol. The minimum atomic E-state index is 0.183. The first-order valence-corrected chi connectivity index (χ1v) is 10.9. The number of nitrogens with zero attached hydrogens (tertiary/aromatic N) is 3. The van der Waals surface area contributed by atoms with E-state index in [2.05, 4.69) is 15.9 Å². The molecule has 1 N–H and O–H groups in total. The summed E-state index contributed by atoms with van der Waals surface area (Å²) in [6.07, 6.45) is 2.09. The van der Waals surface area contributed by atoms with E-state index < -0.39 is 0 Å². The Morgan fingerprint density at radius 2 is 1.74 bits per heavy atom. The van der Waals surface area contributed by atoms with E-state index in [0.717, 1.165) is 55.2 Å². The fraction of sp³-hybridized carbons (Fsp3) is 0.458. The standard InChI is InChI=1S/C24H31N3O4/c1-30-20-9-10-21(23(16-20)31-2)22-4-3-11-27(22)17-24(29)26-14-12-25(13-15-26)18-5-7-19(28)8-6-18/h5-10,16,22,28H,3-4,11-15,17H2,1-2H3/t22-/m0/s1. The van der Waals surface area contributed by atoms with Gasteiger partial charge in [0.15, 0.2) is 0 Å². The largest absolute Gasteiger partial charge is 0.508 e. The van der Waals surface area contributed by atoms with Crippen molar-refractivity contribution in [2.45, 2.75) is 18.9 Å². The van der Waals surface area contributed by atoms with Gasteiger partial charge < -0.3 is 24.4 Å². The molecule has 7 nitrogen and oxygen atoms in total. The van der Waals surface area contributed by atoms with Gasteiger partial charge in [-0.1, -0.05) is 6.07 Å². The molecule has 166 valence electrons. The summed E-state index contributed by atoms with van der Waals surface area (Å²) < 4.78 is 10.9. The van der Waals surface area contributed by atoms with E-state index in [9.17, 15) is 9.90 Å². The molecule has 2 aliphatic heterocycles. The number of phenols is 1. The molecule has 2 saturated heterocycles. The zero-order valence-corrected chi connectivity index (χ0v) is 18.3. The molecule has 0 saturated carbocycles. The van der Waals surface area contributed by atoms with Crippen molar-refractivity contribution in [2.24, 2.45) is 0 Å². The number of anilines is 1. The van der Waals surface area contributed by atoms with E-state index in [-0.39, 0.29) is 17.7 Å². The van der Waals surface area contributed by atoms with Crippen LogP contribution in [0.1, 0.15) is 24.4 Å². The van der Waals surface area contributed by atoms with Crippen LogP contribution in [0.25, 0.3) is 0 Å². The van der Waals surface area contributed by atoms with Gasteiger partial charge in [0.1, 0.15) is 17.2 Å². The smallest absolute Gasteiger partial charge is 0.236 e. The third-order valence-corrected chi connectivity index (χ3v) is 6.35. The fourth-order valence-electron chi connectivity index (χ4n) is 4.61. The summed E-state index contributed by atoms with van der Waals surface area (Å²) in [4.78, 5) is 19.6. The number of aromatic hydroxyl groups is 1. The first-order valence-electron chi connectivity index (χ1n) is 10.9. The van der Waals surface area contributed by atoms with E-state index in [1.165, 1.54) is 0 Å². The molecule has 0 aliphatic carbocycles. The predicted molar refractivity (Wildman–Crippen MR) is 120 cm³/mol. The third-order valence-electron chi connectivity index (χ3n) is 6.35. The number of ether oxygens (including phenoxy) is 2. The highest BCUT2D eigenvalue weighted by molar-refractivity contribution is 5.78. The summed E-state index contributed by atoms with van der Waals surface area (Å²) in [6.45, 7) is 4.37. The lowest BCUT2D eigenvalue weighted by Crippen LogP contribution is -2.51. The molecule has 0 spiro atoms. The zero-order chi connectivity index (χ0) is 21.8. The maximum atomic E-state index is 13.1. The van der Waals surface area contributed by atoms with Crippen molar-refractivity contribution >= 4 is 11.6 Å². The number of rotatable bonds is 6. The highest BCUT2D eigenvalue weighted by atomic mass is 16.5. The SMILES string of the molecule is COc1ccc([C@@H]2CCCN2CC(=O)N2CCN(c3ccc(O)cc3)CC2)c(OC)c1. The van der Waals surface area contributed by atoms with Gasteiger partial charge in [-0.15, -0.1) is 0 Å². The van der Waals surface area contributed by atoms with E-state index in [1.807, 2.05) is 29.2 Å². The average Bonchev–Trinajstić information content (AvgIpc) is 3.27. The van der Waals surface area contributed by atoms with E-state index >= 15 is 0 Å². The fourth-order valence-corrected chi connectivity index (χ4v) is 4.61. The van der Waals surface area contributed by atoms with Crippen LogP contribution in [0, 0.1) is 0 Å². The number of methoxy groups -OCH3 is 2. The van der Waals surface area contributed by atoms with E-state index in [4.69, 9.17) is 9.47 Å². The Balaban J connectivity index is 1.37. The van der Waals surface area contributed by atoms with Crippen molar-refractivity contribution < 1.29 is 19.4 Å². The van der Waals surface area contributed by atoms with E-state index in [1.54, 1.807) is 26.4 Å². The zero-order valence-electron chi connectivity index (χ0n) is 18.3. The molecule has 2 aromatic carbocycles. The Kier molecular flexibility index (Phi) is 6.51. The maximum Gasteiger partial charge on any atom is 0.236 e. The molecule has 0 bridgehead atoms. The Bertz CT molecular complexity index is 894. The topological polar surface area (TPSA) is 65.5 Å². The molecule has 2 aliphatic rings. The third kappa shape index (κ3) is 4.71. The minimum Gasteiger partial charge on any atom is -0.508 e. The van der Waals surface area contributed by atoms with Gasteiger partial charge in [-0.05, 0) is 49.7 Å². The Morgan fingerprint density at radius 1 is 1.00 bits per heavy atom. The molecule has 2 fully saturated rings. The van der Waals surface area contributed by atoms with Crippen LogP contribution in [0.2, 0.25) is 0 Å². The molecule has 7 heteroatoms. The van der Waals surface area contributed by atoms with Crippen molar-refractivity contribution in [1.29, 1.82) is 0 Å². The first kappa shape index (κ1) is 21.3. The maximum absolute atomic E-state index is 13.1. The Hall–Kier alpha value is -2.93. The molecule has 0 radical (unpaired) electrons. The lowest BCUT2D eigenvalue weighted by atomic mass is 10.0. The number of benzene rings is 2. The predicted octanol–water partition coefficient (Wildman–Crippen LogP) is 2.90. The molecule has 1 atom stereocenters. The number of likely N-dealkylation sites (tertiary alicyclic amines) is 1. The molecule has 1 amide bonds. The lowest BCUT2D eigenvalue weighted by Gasteiger charge is -2.37. The second-order valence-electron chi connectivity index (χ2n) is 8.12. The van der Waals surface area contributed by atoms with Crippen molar-refractivity contribution in [1.82, 2.24) is 9.80 Å². The van der Waals surface area contributed by atoms with Gasteiger partial charge in [-0.3, -0.25) is 9.69 Å². The summed E-state index contributed by atoms with van der Waals surface area (Å²) in [5.74, 6) is 2.04. The second kappa shape index (κ2) is 9.47. The number of piperazine rings is 1. The summed E-state index contributed by atoms with van der Waals surface area (Å²) in [6, 6.07) is 13.4. The van der Waals surface area contributed by atoms with Gasteiger partial charge in [0.25, 0.3) is 0 Å².